The molecule has 4 nitrogen and oxygen atoms in total. The average molecular weight is 201 g/mol. The minimum atomic E-state index is -0.396. The minimum Gasteiger partial charge on any atom is -0.393 e. The van der Waals surface area contributed by atoms with Gasteiger partial charge in [0.2, 0.25) is 0 Å². The van der Waals surface area contributed by atoms with Crippen molar-refractivity contribution in [1.29, 1.82) is 0 Å². The van der Waals surface area contributed by atoms with Crippen LogP contribution in [0.25, 0.3) is 0 Å². The van der Waals surface area contributed by atoms with E-state index in [9.17, 15) is 9.90 Å². The zero-order valence-corrected chi connectivity index (χ0v) is 9.23. The molecule has 14 heavy (non-hydrogen) atoms. The van der Waals surface area contributed by atoms with Crippen molar-refractivity contribution in [3.8, 4) is 0 Å². The van der Waals surface area contributed by atoms with E-state index >= 15 is 0 Å². The van der Waals surface area contributed by atoms with Gasteiger partial charge in [0.05, 0.1) is 13.2 Å². The van der Waals surface area contributed by atoms with Crippen LogP contribution in [0.4, 0.5) is 0 Å². The minimum absolute atomic E-state index is 0.204. The first kappa shape index (κ1) is 13.1. The molecule has 0 spiro atoms. The summed E-state index contributed by atoms with van der Waals surface area (Å²) in [4.78, 5) is 15.8. The number of likely N-dealkylation sites (N-methyl/N-ethyl adjacent to an activating group) is 1. The summed E-state index contributed by atoms with van der Waals surface area (Å²) >= 11 is 0. The van der Waals surface area contributed by atoms with Crippen LogP contribution in [-0.4, -0.2) is 36.3 Å². The Labute approximate surface area is 85.1 Å². The van der Waals surface area contributed by atoms with E-state index in [4.69, 9.17) is 0 Å². The molecule has 0 aromatic heterocycles. The molecule has 0 saturated carbocycles. The summed E-state index contributed by atoms with van der Waals surface area (Å²) in [5.41, 5.74) is 0. The van der Waals surface area contributed by atoms with E-state index in [2.05, 4.69) is 4.84 Å². The number of hydrogen-bond acceptors (Lipinski definition) is 3. The SMILES string of the molecule is CON(C)C(=O)/C=C/C[C@H](O)C(C)C. The Morgan fingerprint density at radius 3 is 2.57 bits per heavy atom. The fourth-order valence-corrected chi connectivity index (χ4v) is 0.775. The van der Waals surface area contributed by atoms with E-state index in [0.29, 0.717) is 6.42 Å². The average Bonchev–Trinajstić information content (AvgIpc) is 2.15. The lowest BCUT2D eigenvalue weighted by Crippen LogP contribution is -2.23. The number of hydroxylamine groups is 2. The fraction of sp³-hybridized carbons (Fsp3) is 0.700. The van der Waals surface area contributed by atoms with Crippen molar-refractivity contribution in [2.24, 2.45) is 5.92 Å². The number of aliphatic hydroxyl groups is 1. The van der Waals surface area contributed by atoms with Crippen molar-refractivity contribution >= 4 is 5.91 Å². The van der Waals surface area contributed by atoms with Gasteiger partial charge in [0.15, 0.2) is 0 Å². The largest absolute Gasteiger partial charge is 0.393 e. The maximum absolute atomic E-state index is 11.2. The Bertz CT molecular complexity index is 202. The third kappa shape index (κ3) is 4.99. The van der Waals surface area contributed by atoms with Gasteiger partial charge in [0, 0.05) is 13.1 Å². The van der Waals surface area contributed by atoms with Gasteiger partial charge < -0.3 is 5.11 Å². The van der Waals surface area contributed by atoms with E-state index in [1.165, 1.54) is 20.2 Å². The van der Waals surface area contributed by atoms with Gasteiger partial charge in [-0.3, -0.25) is 9.63 Å². The Balaban J connectivity index is 3.89. The van der Waals surface area contributed by atoms with Crippen LogP contribution in [-0.2, 0) is 9.63 Å². The molecule has 0 aliphatic rings. The molecule has 0 bridgehead atoms. The van der Waals surface area contributed by atoms with Crippen LogP contribution in [0.3, 0.4) is 0 Å². The number of rotatable bonds is 5. The maximum atomic E-state index is 11.2. The summed E-state index contributed by atoms with van der Waals surface area (Å²) in [7, 11) is 2.96. The van der Waals surface area contributed by atoms with Crippen LogP contribution < -0.4 is 0 Å². The summed E-state index contributed by atoms with van der Waals surface area (Å²) in [6, 6.07) is 0. The highest BCUT2D eigenvalue weighted by Crippen LogP contribution is 2.05. The first-order chi connectivity index (χ1) is 6.49. The van der Waals surface area contributed by atoms with Gasteiger partial charge >= 0.3 is 0 Å². The molecule has 1 atom stereocenters. The number of nitrogens with zero attached hydrogens (tertiary/aromatic N) is 1. The number of aliphatic hydroxyl groups excluding tert-OH is 1. The Morgan fingerprint density at radius 2 is 2.14 bits per heavy atom. The van der Waals surface area contributed by atoms with Crippen LogP contribution in [0.1, 0.15) is 20.3 Å². The van der Waals surface area contributed by atoms with E-state index in [0.717, 1.165) is 5.06 Å². The van der Waals surface area contributed by atoms with Gasteiger partial charge in [-0.1, -0.05) is 19.9 Å². The zero-order chi connectivity index (χ0) is 11.1. The zero-order valence-electron chi connectivity index (χ0n) is 9.23. The molecule has 0 rings (SSSR count). The number of carbonyl (C=O) groups is 1. The molecular weight excluding hydrogens is 182 g/mol. The predicted octanol–water partition coefficient (Wildman–Crippen LogP) is 0.969. The van der Waals surface area contributed by atoms with E-state index in [1.54, 1.807) is 6.08 Å². The number of hydrogen-bond donors (Lipinski definition) is 1. The maximum Gasteiger partial charge on any atom is 0.269 e. The molecule has 4 heteroatoms. The molecule has 0 aliphatic carbocycles. The van der Waals surface area contributed by atoms with Crippen LogP contribution >= 0.6 is 0 Å². The molecule has 1 N–H and O–H groups in total. The van der Waals surface area contributed by atoms with Gasteiger partial charge in [-0.15, -0.1) is 0 Å². The standard InChI is InChI=1S/C10H19NO3/c1-8(2)9(12)6-5-7-10(13)11(3)14-4/h5,7-9,12H,6H2,1-4H3/b7-5+/t9-/m0/s1. The van der Waals surface area contributed by atoms with E-state index < -0.39 is 6.10 Å². The quantitative estimate of drug-likeness (QED) is 0.532. The summed E-state index contributed by atoms with van der Waals surface area (Å²) in [5, 5.41) is 10.6. The second-order valence-electron chi connectivity index (χ2n) is 3.47. The molecule has 0 radical (unpaired) electrons. The fourth-order valence-electron chi connectivity index (χ4n) is 0.775. The first-order valence-electron chi connectivity index (χ1n) is 4.65. The lowest BCUT2D eigenvalue weighted by Gasteiger charge is -2.12. The highest BCUT2D eigenvalue weighted by atomic mass is 16.7. The molecule has 0 aromatic carbocycles. The third-order valence-corrected chi connectivity index (χ3v) is 1.99. The van der Waals surface area contributed by atoms with Crippen molar-refractivity contribution in [2.45, 2.75) is 26.4 Å². The van der Waals surface area contributed by atoms with Crippen molar-refractivity contribution in [1.82, 2.24) is 5.06 Å². The molecule has 1 amide bonds. The second-order valence-corrected chi connectivity index (χ2v) is 3.47. The molecule has 0 saturated heterocycles. The van der Waals surface area contributed by atoms with Crippen LogP contribution in [0.5, 0.6) is 0 Å². The molecule has 82 valence electrons. The number of carbonyl (C=O) groups excluding carboxylic acids is 1. The highest BCUT2D eigenvalue weighted by Gasteiger charge is 2.07. The second kappa shape index (κ2) is 6.56. The van der Waals surface area contributed by atoms with Crippen molar-refractivity contribution in [3.05, 3.63) is 12.2 Å². The molecule has 0 aromatic rings. The molecule has 0 unspecified atom stereocenters. The van der Waals surface area contributed by atoms with E-state index in [-0.39, 0.29) is 11.8 Å². The predicted molar refractivity (Wildman–Crippen MR) is 54.4 cm³/mol. The van der Waals surface area contributed by atoms with Crippen molar-refractivity contribution < 1.29 is 14.7 Å². The Hall–Kier alpha value is -0.870. The topological polar surface area (TPSA) is 49.8 Å². The summed E-state index contributed by atoms with van der Waals surface area (Å²) in [6.45, 7) is 3.86. The monoisotopic (exact) mass is 201 g/mol. The summed E-state index contributed by atoms with van der Waals surface area (Å²) in [5.74, 6) is -0.0293. The smallest absolute Gasteiger partial charge is 0.269 e. The van der Waals surface area contributed by atoms with E-state index in [1.807, 2.05) is 13.8 Å². The van der Waals surface area contributed by atoms with Crippen molar-refractivity contribution in [2.75, 3.05) is 14.2 Å². The van der Waals surface area contributed by atoms with Crippen LogP contribution in [0, 0.1) is 5.92 Å². The lowest BCUT2D eigenvalue weighted by molar-refractivity contribution is -0.162. The van der Waals surface area contributed by atoms with Gasteiger partial charge in [0.25, 0.3) is 5.91 Å². The van der Waals surface area contributed by atoms with Gasteiger partial charge in [-0.25, -0.2) is 5.06 Å². The Kier molecular flexibility index (Phi) is 6.16. The number of amides is 1. The summed E-state index contributed by atoms with van der Waals surface area (Å²) < 4.78 is 0. The molecular formula is C10H19NO3. The third-order valence-electron chi connectivity index (χ3n) is 1.99. The Morgan fingerprint density at radius 1 is 1.57 bits per heavy atom. The molecule has 0 aliphatic heterocycles. The normalized spacial score (nSPS) is 13.6. The summed E-state index contributed by atoms with van der Waals surface area (Å²) in [6.07, 6.45) is 3.14. The van der Waals surface area contributed by atoms with Gasteiger partial charge in [-0.2, -0.15) is 0 Å². The van der Waals surface area contributed by atoms with Crippen LogP contribution in [0.15, 0.2) is 12.2 Å². The molecule has 0 fully saturated rings. The molecule has 0 heterocycles. The van der Waals surface area contributed by atoms with Gasteiger partial charge in [0.1, 0.15) is 0 Å². The lowest BCUT2D eigenvalue weighted by atomic mass is 10.0. The first-order valence-corrected chi connectivity index (χ1v) is 4.65. The highest BCUT2D eigenvalue weighted by molar-refractivity contribution is 5.86. The van der Waals surface area contributed by atoms with Crippen LogP contribution in [0.2, 0.25) is 0 Å². The van der Waals surface area contributed by atoms with Gasteiger partial charge in [-0.05, 0) is 12.3 Å². The van der Waals surface area contributed by atoms with Crippen molar-refractivity contribution in [3.63, 3.8) is 0 Å².